The van der Waals surface area contributed by atoms with Crippen molar-refractivity contribution in [3.05, 3.63) is 89.5 Å². The molecule has 2 N–H and O–H groups in total. The van der Waals surface area contributed by atoms with E-state index >= 15 is 0 Å². The molecule has 0 amide bonds. The van der Waals surface area contributed by atoms with Gasteiger partial charge in [0.25, 0.3) is 10.0 Å². The van der Waals surface area contributed by atoms with Gasteiger partial charge in [-0.15, -0.1) is 0 Å². The average Bonchev–Trinajstić information content (AvgIpc) is 2.75. The van der Waals surface area contributed by atoms with Gasteiger partial charge in [0.2, 0.25) is 0 Å². The molecule has 0 fully saturated rings. The number of aryl methyl sites for hydroxylation is 2. The number of carbonyl (C=O) groups is 1. The number of anilines is 1. The van der Waals surface area contributed by atoms with Crippen LogP contribution in [0.25, 0.3) is 0 Å². The lowest BCUT2D eigenvalue weighted by Gasteiger charge is -2.13. The fourth-order valence-corrected chi connectivity index (χ4v) is 4.19. The summed E-state index contributed by atoms with van der Waals surface area (Å²) in [4.78, 5) is 11.1. The summed E-state index contributed by atoms with van der Waals surface area (Å²) in [5.74, 6) is -0.356. The minimum absolute atomic E-state index is 0.164. The fourth-order valence-electron chi connectivity index (χ4n) is 3.09. The van der Waals surface area contributed by atoms with Gasteiger partial charge in [-0.1, -0.05) is 30.3 Å². The second kappa shape index (κ2) is 9.45. The third-order valence-corrected chi connectivity index (χ3v) is 6.13. The van der Waals surface area contributed by atoms with Crippen molar-refractivity contribution in [2.24, 2.45) is 0 Å². The molecule has 0 heterocycles. The Morgan fingerprint density at radius 1 is 0.933 bits per heavy atom. The molecule has 0 aliphatic rings. The van der Waals surface area contributed by atoms with Gasteiger partial charge in [-0.25, -0.2) is 13.2 Å². The largest absolute Gasteiger partial charge is 0.497 e. The number of benzene rings is 3. The molecule has 0 radical (unpaired) electrons. The Hall–Kier alpha value is -3.32. The summed E-state index contributed by atoms with van der Waals surface area (Å²) in [6.45, 7) is 0. The molecule has 0 unspecified atom stereocenters. The number of aromatic carboxylic acids is 1. The van der Waals surface area contributed by atoms with Crippen molar-refractivity contribution in [2.45, 2.75) is 24.2 Å². The van der Waals surface area contributed by atoms with Crippen LogP contribution in [0.15, 0.2) is 77.7 Å². The molecule has 156 valence electrons. The first kappa shape index (κ1) is 21.4. The van der Waals surface area contributed by atoms with E-state index < -0.39 is 16.0 Å². The van der Waals surface area contributed by atoms with E-state index in [1.807, 2.05) is 24.3 Å². The second-order valence-electron chi connectivity index (χ2n) is 6.79. The molecular weight excluding hydrogens is 402 g/mol. The smallest absolute Gasteiger partial charge is 0.335 e. The van der Waals surface area contributed by atoms with Crippen LogP contribution in [-0.2, 0) is 22.9 Å². The van der Waals surface area contributed by atoms with Crippen LogP contribution in [0.1, 0.15) is 27.9 Å². The topological polar surface area (TPSA) is 92.7 Å². The number of hydrogen-bond acceptors (Lipinski definition) is 4. The first-order valence-corrected chi connectivity index (χ1v) is 10.9. The Morgan fingerprint density at radius 2 is 1.60 bits per heavy atom. The summed E-state index contributed by atoms with van der Waals surface area (Å²) in [7, 11) is -2.19. The molecule has 3 rings (SSSR count). The monoisotopic (exact) mass is 425 g/mol. The second-order valence-corrected chi connectivity index (χ2v) is 8.48. The molecule has 0 spiro atoms. The number of ether oxygens (including phenoxy) is 1. The summed E-state index contributed by atoms with van der Waals surface area (Å²) >= 11 is 0. The Kier molecular flexibility index (Phi) is 6.74. The van der Waals surface area contributed by atoms with E-state index in [1.165, 1.54) is 19.2 Å². The zero-order valence-corrected chi connectivity index (χ0v) is 17.4. The molecule has 0 saturated heterocycles. The Bertz CT molecular complexity index is 1110. The number of rotatable bonds is 9. The van der Waals surface area contributed by atoms with Crippen LogP contribution in [-0.4, -0.2) is 26.6 Å². The minimum Gasteiger partial charge on any atom is -0.497 e. The van der Waals surface area contributed by atoms with Crippen molar-refractivity contribution in [3.63, 3.8) is 0 Å². The molecule has 7 heteroatoms. The number of methoxy groups -OCH3 is 1. The quantitative estimate of drug-likeness (QED) is 0.531. The van der Waals surface area contributed by atoms with Crippen molar-refractivity contribution in [1.29, 1.82) is 0 Å². The molecule has 6 nitrogen and oxygen atoms in total. The van der Waals surface area contributed by atoms with Crippen LogP contribution in [0, 0.1) is 0 Å². The zero-order chi connectivity index (χ0) is 21.6. The number of nitrogens with one attached hydrogen (secondary N) is 1. The molecule has 0 bridgehead atoms. The minimum atomic E-state index is -3.71. The average molecular weight is 426 g/mol. The van der Waals surface area contributed by atoms with E-state index in [2.05, 4.69) is 4.72 Å². The van der Waals surface area contributed by atoms with E-state index in [1.54, 1.807) is 36.4 Å². The van der Waals surface area contributed by atoms with Crippen LogP contribution in [0.5, 0.6) is 5.75 Å². The van der Waals surface area contributed by atoms with Crippen molar-refractivity contribution >= 4 is 21.7 Å². The van der Waals surface area contributed by atoms with E-state index in [-0.39, 0.29) is 10.5 Å². The van der Waals surface area contributed by atoms with Gasteiger partial charge in [0, 0.05) is 0 Å². The van der Waals surface area contributed by atoms with Crippen molar-refractivity contribution in [2.75, 3.05) is 11.8 Å². The normalized spacial score (nSPS) is 11.1. The predicted molar refractivity (Wildman–Crippen MR) is 116 cm³/mol. The molecule has 0 saturated carbocycles. The highest BCUT2D eigenvalue weighted by molar-refractivity contribution is 7.92. The number of hydrogen-bond donors (Lipinski definition) is 2. The number of sulfonamides is 1. The van der Waals surface area contributed by atoms with Gasteiger partial charge < -0.3 is 9.84 Å². The van der Waals surface area contributed by atoms with Crippen LogP contribution < -0.4 is 9.46 Å². The standard InChI is InChI=1S/C23H23NO5S/c1-29-20-13-15-21(16-14-20)30(27,28)24-22-8-3-2-6-18(22)7-4-5-17-9-11-19(12-10-17)23(25)26/h2-3,6,8-16,24H,4-5,7H2,1H3,(H,25,26). The number of carboxylic acid groups (broad SMARTS) is 1. The maximum atomic E-state index is 12.7. The Labute approximate surface area is 176 Å². The predicted octanol–water partition coefficient (Wildman–Crippen LogP) is 4.37. The van der Waals surface area contributed by atoms with Gasteiger partial charge in [0.15, 0.2) is 0 Å². The number of para-hydroxylation sites is 1. The summed E-state index contributed by atoms with van der Waals surface area (Å²) in [5, 5.41) is 8.97. The molecule has 3 aromatic carbocycles. The SMILES string of the molecule is COc1ccc(S(=O)(=O)Nc2ccccc2CCCc2ccc(C(=O)O)cc2)cc1. The molecule has 3 aromatic rings. The van der Waals surface area contributed by atoms with Crippen LogP contribution in [0.3, 0.4) is 0 Å². The highest BCUT2D eigenvalue weighted by atomic mass is 32.2. The molecule has 0 aliphatic carbocycles. The highest BCUT2D eigenvalue weighted by Gasteiger charge is 2.16. The first-order chi connectivity index (χ1) is 14.4. The Morgan fingerprint density at radius 3 is 2.23 bits per heavy atom. The number of carboxylic acids is 1. The van der Waals surface area contributed by atoms with E-state index in [0.29, 0.717) is 17.9 Å². The lowest BCUT2D eigenvalue weighted by Crippen LogP contribution is -2.14. The summed E-state index contributed by atoms with van der Waals surface area (Å²) in [6, 6.07) is 20.3. The van der Waals surface area contributed by atoms with E-state index in [4.69, 9.17) is 9.84 Å². The summed E-state index contributed by atoms with van der Waals surface area (Å²) < 4.78 is 33.2. The van der Waals surface area contributed by atoms with Crippen molar-refractivity contribution < 1.29 is 23.1 Å². The molecule has 0 aromatic heterocycles. The van der Waals surface area contributed by atoms with Gasteiger partial charge in [0.1, 0.15) is 5.75 Å². The van der Waals surface area contributed by atoms with Crippen molar-refractivity contribution in [1.82, 2.24) is 0 Å². The zero-order valence-electron chi connectivity index (χ0n) is 16.5. The maximum absolute atomic E-state index is 12.7. The maximum Gasteiger partial charge on any atom is 0.335 e. The van der Waals surface area contributed by atoms with Crippen LogP contribution in [0.2, 0.25) is 0 Å². The van der Waals surface area contributed by atoms with Gasteiger partial charge in [-0.2, -0.15) is 0 Å². The van der Waals surface area contributed by atoms with Crippen molar-refractivity contribution in [3.8, 4) is 5.75 Å². The van der Waals surface area contributed by atoms with E-state index in [9.17, 15) is 13.2 Å². The highest BCUT2D eigenvalue weighted by Crippen LogP contribution is 2.23. The fraction of sp³-hybridized carbons (Fsp3) is 0.174. The molecule has 30 heavy (non-hydrogen) atoms. The molecule has 0 aliphatic heterocycles. The van der Waals surface area contributed by atoms with Gasteiger partial charge in [-0.3, -0.25) is 4.72 Å². The Balaban J connectivity index is 1.67. The third-order valence-electron chi connectivity index (χ3n) is 4.74. The summed E-state index contributed by atoms with van der Waals surface area (Å²) in [6.07, 6.45) is 2.25. The van der Waals surface area contributed by atoms with E-state index in [0.717, 1.165) is 24.0 Å². The lowest BCUT2D eigenvalue weighted by molar-refractivity contribution is 0.0697. The van der Waals surface area contributed by atoms with Crippen LogP contribution >= 0.6 is 0 Å². The molecule has 0 atom stereocenters. The first-order valence-electron chi connectivity index (χ1n) is 9.46. The summed E-state index contributed by atoms with van der Waals surface area (Å²) in [5.41, 5.74) is 2.75. The van der Waals surface area contributed by atoms with Gasteiger partial charge >= 0.3 is 5.97 Å². The van der Waals surface area contributed by atoms with Gasteiger partial charge in [-0.05, 0) is 72.9 Å². The third kappa shape index (κ3) is 5.39. The lowest BCUT2D eigenvalue weighted by atomic mass is 10.0. The van der Waals surface area contributed by atoms with Crippen LogP contribution in [0.4, 0.5) is 5.69 Å². The van der Waals surface area contributed by atoms with Gasteiger partial charge in [0.05, 0.1) is 23.3 Å². The molecular formula is C23H23NO5S.